The van der Waals surface area contributed by atoms with E-state index in [0.29, 0.717) is 18.8 Å². The maximum Gasteiger partial charge on any atom is 0.222 e. The third-order valence-electron chi connectivity index (χ3n) is 5.36. The summed E-state index contributed by atoms with van der Waals surface area (Å²) in [6.45, 7) is 5.40. The average molecular weight is 353 g/mol. The molecule has 7 heteroatoms. The van der Waals surface area contributed by atoms with Gasteiger partial charge in [-0.05, 0) is 39.2 Å². The van der Waals surface area contributed by atoms with Crippen molar-refractivity contribution >= 4 is 11.6 Å². The molecule has 1 aliphatic heterocycles. The van der Waals surface area contributed by atoms with E-state index >= 15 is 0 Å². The first-order chi connectivity index (χ1) is 12.6. The van der Waals surface area contributed by atoms with E-state index < -0.39 is 0 Å². The van der Waals surface area contributed by atoms with Crippen LogP contribution >= 0.6 is 0 Å². The van der Waals surface area contributed by atoms with Gasteiger partial charge in [0.05, 0.1) is 11.9 Å². The van der Waals surface area contributed by atoms with Crippen LogP contribution in [0.3, 0.4) is 0 Å². The van der Waals surface area contributed by atoms with Crippen LogP contribution in [0.4, 0.5) is 0 Å². The fourth-order valence-corrected chi connectivity index (χ4v) is 3.84. The molecular weight excluding hydrogens is 330 g/mol. The quantitative estimate of drug-likeness (QED) is 0.721. The number of piperidine rings is 1. The Bertz CT molecular complexity index is 902. The predicted molar refractivity (Wildman–Crippen MR) is 95.8 cm³/mol. The number of carbonyl (C=O) groups is 1. The van der Waals surface area contributed by atoms with Crippen LogP contribution in [0.5, 0.6) is 0 Å². The minimum atomic E-state index is 0.211. The minimum absolute atomic E-state index is 0.211. The van der Waals surface area contributed by atoms with Crippen molar-refractivity contribution < 1.29 is 9.32 Å². The Kier molecular flexibility index (Phi) is 4.44. The molecule has 0 aromatic carbocycles. The molecule has 0 spiro atoms. The van der Waals surface area contributed by atoms with Gasteiger partial charge in [-0.3, -0.25) is 4.79 Å². The zero-order chi connectivity index (χ0) is 18.1. The highest BCUT2D eigenvalue weighted by Crippen LogP contribution is 2.28. The molecule has 3 aromatic rings. The lowest BCUT2D eigenvalue weighted by atomic mass is 9.93. The van der Waals surface area contributed by atoms with E-state index in [0.717, 1.165) is 48.6 Å². The van der Waals surface area contributed by atoms with Crippen LogP contribution in [0.25, 0.3) is 5.65 Å². The summed E-state index contributed by atoms with van der Waals surface area (Å²) in [5.74, 6) is 1.43. The van der Waals surface area contributed by atoms with Crippen molar-refractivity contribution in [2.24, 2.45) is 0 Å². The number of rotatable bonds is 4. The zero-order valence-electron chi connectivity index (χ0n) is 15.2. The molecule has 0 bridgehead atoms. The topological polar surface area (TPSA) is 76.5 Å². The fourth-order valence-electron chi connectivity index (χ4n) is 3.84. The summed E-state index contributed by atoms with van der Waals surface area (Å²) in [4.78, 5) is 18.9. The van der Waals surface area contributed by atoms with Gasteiger partial charge in [-0.25, -0.2) is 9.50 Å². The van der Waals surface area contributed by atoms with Gasteiger partial charge in [-0.2, -0.15) is 5.10 Å². The second kappa shape index (κ2) is 6.90. The Morgan fingerprint density at radius 2 is 2.04 bits per heavy atom. The van der Waals surface area contributed by atoms with Crippen molar-refractivity contribution in [3.63, 3.8) is 0 Å². The first kappa shape index (κ1) is 16.8. The molecule has 0 radical (unpaired) electrons. The van der Waals surface area contributed by atoms with Crippen LogP contribution in [0.2, 0.25) is 0 Å². The Hall–Kier alpha value is -2.70. The number of likely N-dealkylation sites (tertiary alicyclic amines) is 1. The number of aryl methyl sites for hydroxylation is 2. The van der Waals surface area contributed by atoms with Crippen molar-refractivity contribution in [2.75, 3.05) is 13.1 Å². The molecule has 3 aromatic heterocycles. The second-order valence-corrected chi connectivity index (χ2v) is 6.93. The highest BCUT2D eigenvalue weighted by Gasteiger charge is 2.25. The SMILES string of the molecule is Cc1noc(C)c1CCC(=O)N1CCC(c2ccnc3ccnn23)CC1. The molecule has 0 unspecified atom stereocenters. The van der Waals surface area contributed by atoms with Crippen LogP contribution < -0.4 is 0 Å². The summed E-state index contributed by atoms with van der Waals surface area (Å²) in [6, 6.07) is 3.95. The Morgan fingerprint density at radius 1 is 1.23 bits per heavy atom. The molecule has 1 fully saturated rings. The molecule has 4 heterocycles. The number of hydrogen-bond donors (Lipinski definition) is 0. The molecule has 0 N–H and O–H groups in total. The molecule has 1 amide bonds. The lowest BCUT2D eigenvalue weighted by molar-refractivity contribution is -0.132. The van der Waals surface area contributed by atoms with E-state index in [1.165, 1.54) is 5.69 Å². The molecule has 26 heavy (non-hydrogen) atoms. The number of carbonyl (C=O) groups excluding carboxylic acids is 1. The summed E-state index contributed by atoms with van der Waals surface area (Å²) in [6.07, 6.45) is 6.73. The Labute approximate surface area is 152 Å². The van der Waals surface area contributed by atoms with E-state index in [4.69, 9.17) is 4.52 Å². The smallest absolute Gasteiger partial charge is 0.222 e. The fraction of sp³-hybridized carbons (Fsp3) is 0.474. The van der Waals surface area contributed by atoms with Crippen LogP contribution in [0.15, 0.2) is 29.0 Å². The van der Waals surface area contributed by atoms with Crippen molar-refractivity contribution in [1.29, 1.82) is 0 Å². The Balaban J connectivity index is 1.36. The molecule has 1 aliphatic rings. The summed E-state index contributed by atoms with van der Waals surface area (Å²) >= 11 is 0. The van der Waals surface area contributed by atoms with E-state index in [1.807, 2.05) is 41.6 Å². The molecule has 0 saturated carbocycles. The van der Waals surface area contributed by atoms with E-state index in [2.05, 4.69) is 15.2 Å². The summed E-state index contributed by atoms with van der Waals surface area (Å²) < 4.78 is 7.09. The normalized spacial score (nSPS) is 15.7. The van der Waals surface area contributed by atoms with Crippen LogP contribution in [0, 0.1) is 13.8 Å². The molecular formula is C19H23N5O2. The molecule has 136 valence electrons. The van der Waals surface area contributed by atoms with Crippen LogP contribution in [-0.4, -0.2) is 43.7 Å². The van der Waals surface area contributed by atoms with Crippen molar-refractivity contribution in [1.82, 2.24) is 24.7 Å². The molecule has 0 atom stereocenters. The van der Waals surface area contributed by atoms with Gasteiger partial charge in [-0.15, -0.1) is 0 Å². The van der Waals surface area contributed by atoms with Crippen molar-refractivity contribution in [3.05, 3.63) is 47.2 Å². The number of nitrogens with zero attached hydrogens (tertiary/aromatic N) is 5. The third-order valence-corrected chi connectivity index (χ3v) is 5.36. The average Bonchev–Trinajstić information content (AvgIpc) is 3.26. The van der Waals surface area contributed by atoms with Gasteiger partial charge >= 0.3 is 0 Å². The van der Waals surface area contributed by atoms with Crippen molar-refractivity contribution in [2.45, 2.75) is 45.4 Å². The van der Waals surface area contributed by atoms with Gasteiger partial charge in [0.25, 0.3) is 0 Å². The van der Waals surface area contributed by atoms with Crippen LogP contribution in [-0.2, 0) is 11.2 Å². The van der Waals surface area contributed by atoms with Crippen molar-refractivity contribution in [3.8, 4) is 0 Å². The van der Waals surface area contributed by atoms with Gasteiger partial charge in [0, 0.05) is 48.9 Å². The standard InChI is InChI=1S/C19H23N5O2/c1-13-16(14(2)26-22-13)3-4-19(25)23-11-7-15(8-12-23)17-5-9-20-18-6-10-21-24(17)18/h5-6,9-10,15H,3-4,7-8,11-12H2,1-2H3. The molecule has 0 aliphatic carbocycles. The highest BCUT2D eigenvalue weighted by molar-refractivity contribution is 5.76. The van der Waals surface area contributed by atoms with Gasteiger partial charge < -0.3 is 9.42 Å². The van der Waals surface area contributed by atoms with Gasteiger partial charge in [0.15, 0.2) is 5.65 Å². The number of aromatic nitrogens is 4. The van der Waals surface area contributed by atoms with Gasteiger partial charge in [0.2, 0.25) is 5.91 Å². The van der Waals surface area contributed by atoms with E-state index in [-0.39, 0.29) is 5.91 Å². The maximum atomic E-state index is 12.6. The number of fused-ring (bicyclic) bond motifs is 1. The Morgan fingerprint density at radius 3 is 2.77 bits per heavy atom. The molecule has 4 rings (SSSR count). The summed E-state index contributed by atoms with van der Waals surface area (Å²) in [5.41, 5.74) is 4.00. The molecule has 7 nitrogen and oxygen atoms in total. The van der Waals surface area contributed by atoms with E-state index in [9.17, 15) is 4.79 Å². The number of amides is 1. The van der Waals surface area contributed by atoms with E-state index in [1.54, 1.807) is 6.20 Å². The second-order valence-electron chi connectivity index (χ2n) is 6.93. The minimum Gasteiger partial charge on any atom is -0.361 e. The zero-order valence-corrected chi connectivity index (χ0v) is 15.2. The first-order valence-corrected chi connectivity index (χ1v) is 9.11. The summed E-state index contributed by atoms with van der Waals surface area (Å²) in [5, 5.41) is 8.34. The first-order valence-electron chi connectivity index (χ1n) is 9.11. The van der Waals surface area contributed by atoms with Gasteiger partial charge in [0.1, 0.15) is 5.76 Å². The monoisotopic (exact) mass is 353 g/mol. The largest absolute Gasteiger partial charge is 0.361 e. The highest BCUT2D eigenvalue weighted by atomic mass is 16.5. The van der Waals surface area contributed by atoms with Gasteiger partial charge in [-0.1, -0.05) is 5.16 Å². The molecule has 1 saturated heterocycles. The third kappa shape index (κ3) is 3.09. The number of hydrogen-bond acceptors (Lipinski definition) is 5. The lowest BCUT2D eigenvalue weighted by Gasteiger charge is -2.32. The van der Waals surface area contributed by atoms with Crippen LogP contribution in [0.1, 0.15) is 47.9 Å². The maximum absolute atomic E-state index is 12.6. The lowest BCUT2D eigenvalue weighted by Crippen LogP contribution is -2.38. The summed E-state index contributed by atoms with van der Waals surface area (Å²) in [7, 11) is 0. The predicted octanol–water partition coefficient (Wildman–Crippen LogP) is 2.67.